The van der Waals surface area contributed by atoms with E-state index >= 15 is 0 Å². The van der Waals surface area contributed by atoms with Crippen LogP contribution in [0.3, 0.4) is 0 Å². The fourth-order valence-corrected chi connectivity index (χ4v) is 2.39. The summed E-state index contributed by atoms with van der Waals surface area (Å²) >= 11 is 0. The highest BCUT2D eigenvalue weighted by Gasteiger charge is 2.17. The largest absolute Gasteiger partial charge is 0.496 e. The molecule has 0 aromatic heterocycles. The Morgan fingerprint density at radius 3 is 2.53 bits per heavy atom. The number of benzene rings is 1. The fourth-order valence-electron chi connectivity index (χ4n) is 2.39. The summed E-state index contributed by atoms with van der Waals surface area (Å²) in [7, 11) is 3.37. The van der Waals surface area contributed by atoms with Gasteiger partial charge >= 0.3 is 0 Å². The number of carbonyl (C=O) groups excluding carboxylic acids is 1. The van der Waals surface area contributed by atoms with E-state index in [0.717, 1.165) is 17.7 Å². The summed E-state index contributed by atoms with van der Waals surface area (Å²) in [4.78, 5) is 11.6. The van der Waals surface area contributed by atoms with Crippen LogP contribution in [0.5, 0.6) is 5.75 Å². The van der Waals surface area contributed by atoms with Crippen LogP contribution in [0.25, 0.3) is 0 Å². The zero-order chi connectivity index (χ0) is 14.4. The lowest BCUT2D eigenvalue weighted by Crippen LogP contribution is -2.21. The quantitative estimate of drug-likeness (QED) is 0.855. The highest BCUT2D eigenvalue weighted by atomic mass is 16.5. The van der Waals surface area contributed by atoms with Gasteiger partial charge in [0.25, 0.3) is 0 Å². The van der Waals surface area contributed by atoms with Gasteiger partial charge in [0, 0.05) is 13.5 Å². The zero-order valence-electron chi connectivity index (χ0n) is 12.6. The molecule has 1 N–H and O–H groups in total. The molecule has 0 spiro atoms. The number of methoxy groups -OCH3 is 1. The maximum Gasteiger partial charge on any atom is 0.220 e. The Bertz CT molecular complexity index is 427. The number of carbonyl (C=O) groups is 1. The fraction of sp³-hybridized carbons (Fsp3) is 0.562. The predicted molar refractivity (Wildman–Crippen MR) is 78.6 cm³/mol. The molecule has 0 heterocycles. The number of ether oxygens (including phenoxy) is 1. The van der Waals surface area contributed by atoms with E-state index in [1.165, 1.54) is 5.56 Å². The lowest BCUT2D eigenvalue weighted by Gasteiger charge is -2.20. The zero-order valence-corrected chi connectivity index (χ0v) is 12.6. The van der Waals surface area contributed by atoms with E-state index in [2.05, 4.69) is 31.3 Å². The van der Waals surface area contributed by atoms with Crippen molar-refractivity contribution in [2.75, 3.05) is 14.2 Å². The van der Waals surface area contributed by atoms with Gasteiger partial charge in [0.1, 0.15) is 5.75 Å². The molecule has 106 valence electrons. The monoisotopic (exact) mass is 263 g/mol. The van der Waals surface area contributed by atoms with Crippen molar-refractivity contribution in [3.63, 3.8) is 0 Å². The maximum atomic E-state index is 11.6. The van der Waals surface area contributed by atoms with Crippen molar-refractivity contribution < 1.29 is 9.53 Å². The highest BCUT2D eigenvalue weighted by Crippen LogP contribution is 2.30. The van der Waals surface area contributed by atoms with Gasteiger partial charge in [0.15, 0.2) is 0 Å². The van der Waals surface area contributed by atoms with E-state index in [1.54, 1.807) is 14.2 Å². The third-order valence-corrected chi connectivity index (χ3v) is 3.36. The third-order valence-electron chi connectivity index (χ3n) is 3.36. The molecule has 1 amide bonds. The van der Waals surface area contributed by atoms with Crippen LogP contribution >= 0.6 is 0 Å². The minimum absolute atomic E-state index is 0.0964. The minimum atomic E-state index is 0.0964. The molecule has 1 rings (SSSR count). The average Bonchev–Trinajstić information content (AvgIpc) is 2.37. The summed E-state index contributed by atoms with van der Waals surface area (Å²) in [6.07, 6.45) is 1.56. The van der Waals surface area contributed by atoms with Crippen molar-refractivity contribution >= 4 is 5.91 Å². The SMILES string of the molecule is CNC(=O)CC(CC(C)C)c1ccc(OC)c(C)c1. The van der Waals surface area contributed by atoms with E-state index in [4.69, 9.17) is 4.74 Å². The van der Waals surface area contributed by atoms with Gasteiger partial charge in [0.05, 0.1) is 7.11 Å². The lowest BCUT2D eigenvalue weighted by atomic mass is 9.87. The summed E-state index contributed by atoms with van der Waals surface area (Å²) in [5.41, 5.74) is 2.33. The second-order valence-corrected chi connectivity index (χ2v) is 5.43. The first-order valence-electron chi connectivity index (χ1n) is 6.83. The van der Waals surface area contributed by atoms with Crippen molar-refractivity contribution in [1.29, 1.82) is 0 Å². The summed E-state index contributed by atoms with van der Waals surface area (Å²) in [6, 6.07) is 6.19. The molecule has 19 heavy (non-hydrogen) atoms. The molecular formula is C16H25NO2. The Morgan fingerprint density at radius 1 is 1.37 bits per heavy atom. The van der Waals surface area contributed by atoms with E-state index in [9.17, 15) is 4.79 Å². The molecule has 0 aliphatic heterocycles. The molecular weight excluding hydrogens is 238 g/mol. The Labute approximate surface area is 116 Å². The lowest BCUT2D eigenvalue weighted by molar-refractivity contribution is -0.121. The van der Waals surface area contributed by atoms with Crippen LogP contribution < -0.4 is 10.1 Å². The number of hydrogen-bond acceptors (Lipinski definition) is 2. The molecule has 3 heteroatoms. The van der Waals surface area contributed by atoms with Gasteiger partial charge in [-0.15, -0.1) is 0 Å². The standard InChI is InChI=1S/C16H25NO2/c1-11(2)8-14(10-16(18)17-4)13-6-7-15(19-5)12(3)9-13/h6-7,9,11,14H,8,10H2,1-5H3,(H,17,18). The summed E-state index contributed by atoms with van der Waals surface area (Å²) in [6.45, 7) is 6.41. The molecule has 0 saturated heterocycles. The van der Waals surface area contributed by atoms with Crippen molar-refractivity contribution in [2.45, 2.75) is 39.5 Å². The Kier molecular flexibility index (Phi) is 5.87. The molecule has 0 radical (unpaired) electrons. The van der Waals surface area contributed by atoms with Gasteiger partial charge in [-0.25, -0.2) is 0 Å². The number of hydrogen-bond donors (Lipinski definition) is 1. The third kappa shape index (κ3) is 4.58. The van der Waals surface area contributed by atoms with Crippen LogP contribution in [0.1, 0.15) is 43.7 Å². The molecule has 0 bridgehead atoms. The smallest absolute Gasteiger partial charge is 0.220 e. The van der Waals surface area contributed by atoms with Gasteiger partial charge in [-0.1, -0.05) is 26.0 Å². The van der Waals surface area contributed by atoms with Gasteiger partial charge < -0.3 is 10.1 Å². The summed E-state index contributed by atoms with van der Waals surface area (Å²) in [5.74, 6) is 1.83. The van der Waals surface area contributed by atoms with Crippen molar-refractivity contribution in [2.24, 2.45) is 5.92 Å². The molecule has 0 aliphatic rings. The van der Waals surface area contributed by atoms with Gasteiger partial charge in [-0.05, 0) is 42.4 Å². The van der Waals surface area contributed by atoms with Crippen LogP contribution in [0.4, 0.5) is 0 Å². The number of rotatable bonds is 6. The van der Waals surface area contributed by atoms with Crippen molar-refractivity contribution in [3.05, 3.63) is 29.3 Å². The molecule has 1 aromatic rings. The Morgan fingerprint density at radius 2 is 2.05 bits per heavy atom. The highest BCUT2D eigenvalue weighted by molar-refractivity contribution is 5.76. The van der Waals surface area contributed by atoms with Gasteiger partial charge in [0.2, 0.25) is 5.91 Å². The average molecular weight is 263 g/mol. The molecule has 1 atom stereocenters. The van der Waals surface area contributed by atoms with Crippen LogP contribution in [0, 0.1) is 12.8 Å². The number of nitrogens with one attached hydrogen (secondary N) is 1. The first kappa shape index (κ1) is 15.5. The molecule has 3 nitrogen and oxygen atoms in total. The maximum absolute atomic E-state index is 11.6. The Balaban J connectivity index is 2.96. The van der Waals surface area contributed by atoms with Crippen molar-refractivity contribution in [3.8, 4) is 5.75 Å². The van der Waals surface area contributed by atoms with Gasteiger partial charge in [-0.2, -0.15) is 0 Å². The van der Waals surface area contributed by atoms with Crippen LogP contribution in [0.2, 0.25) is 0 Å². The van der Waals surface area contributed by atoms with E-state index < -0.39 is 0 Å². The van der Waals surface area contributed by atoms with Crippen molar-refractivity contribution in [1.82, 2.24) is 5.32 Å². The number of amides is 1. The Hall–Kier alpha value is -1.51. The van der Waals surface area contributed by atoms with Gasteiger partial charge in [-0.3, -0.25) is 4.79 Å². The molecule has 1 unspecified atom stereocenters. The normalized spacial score (nSPS) is 12.3. The number of aryl methyl sites for hydroxylation is 1. The second-order valence-electron chi connectivity index (χ2n) is 5.43. The second kappa shape index (κ2) is 7.17. The topological polar surface area (TPSA) is 38.3 Å². The minimum Gasteiger partial charge on any atom is -0.496 e. The summed E-state index contributed by atoms with van der Waals surface area (Å²) < 4.78 is 5.28. The van der Waals surface area contributed by atoms with Crippen LogP contribution in [-0.4, -0.2) is 20.1 Å². The molecule has 0 fully saturated rings. The molecule has 1 aromatic carbocycles. The van der Waals surface area contributed by atoms with Crippen LogP contribution in [-0.2, 0) is 4.79 Å². The predicted octanol–water partition coefficient (Wildman–Crippen LogP) is 3.27. The first-order chi connectivity index (χ1) is 8.97. The van der Waals surface area contributed by atoms with Crippen LogP contribution in [0.15, 0.2) is 18.2 Å². The molecule has 0 aliphatic carbocycles. The van der Waals surface area contributed by atoms with E-state index in [0.29, 0.717) is 12.3 Å². The molecule has 0 saturated carbocycles. The first-order valence-corrected chi connectivity index (χ1v) is 6.83. The summed E-state index contributed by atoms with van der Waals surface area (Å²) in [5, 5.41) is 2.71. The van der Waals surface area contributed by atoms with E-state index in [1.807, 2.05) is 13.0 Å². The van der Waals surface area contributed by atoms with E-state index in [-0.39, 0.29) is 11.8 Å².